The predicted molar refractivity (Wildman–Crippen MR) is 81.1 cm³/mol. The van der Waals surface area contributed by atoms with E-state index in [0.717, 1.165) is 28.3 Å². The van der Waals surface area contributed by atoms with Gasteiger partial charge in [0.15, 0.2) is 5.69 Å². The van der Waals surface area contributed by atoms with Gasteiger partial charge in [-0.2, -0.15) is 23.4 Å². The van der Waals surface area contributed by atoms with E-state index in [0.29, 0.717) is 13.1 Å². The summed E-state index contributed by atoms with van der Waals surface area (Å²) in [6, 6.07) is 2.82. The van der Waals surface area contributed by atoms with Crippen LogP contribution in [0.5, 0.6) is 0 Å². The lowest BCUT2D eigenvalue weighted by Gasteiger charge is -2.14. The average Bonchev–Trinajstić information content (AvgIpc) is 3.03. The quantitative estimate of drug-likeness (QED) is 0.874. The van der Waals surface area contributed by atoms with Gasteiger partial charge >= 0.3 is 6.18 Å². The number of carbonyl (C=O) groups excluding carboxylic acids is 1. The van der Waals surface area contributed by atoms with Gasteiger partial charge in [-0.15, -0.1) is 0 Å². The normalized spacial score (nSPS) is 13.1. The van der Waals surface area contributed by atoms with E-state index in [4.69, 9.17) is 0 Å². The first-order valence-electron chi connectivity index (χ1n) is 7.53. The lowest BCUT2D eigenvalue weighted by atomic mass is 10.2. The Morgan fingerprint density at radius 2 is 2.04 bits per heavy atom. The van der Waals surface area contributed by atoms with Gasteiger partial charge in [-0.25, -0.2) is 0 Å². The molecule has 0 unspecified atom stereocenters. The van der Waals surface area contributed by atoms with Crippen molar-refractivity contribution in [2.45, 2.75) is 40.0 Å². The van der Waals surface area contributed by atoms with Gasteiger partial charge in [0.05, 0.1) is 5.69 Å². The fourth-order valence-electron chi connectivity index (χ4n) is 2.31. The Bertz CT molecular complexity index is 704. The van der Waals surface area contributed by atoms with Crippen molar-refractivity contribution in [3.05, 3.63) is 35.4 Å². The number of alkyl halides is 3. The first-order chi connectivity index (χ1) is 11.1. The fraction of sp³-hybridized carbons (Fsp3) is 0.533. The van der Waals surface area contributed by atoms with Crippen molar-refractivity contribution in [3.8, 4) is 0 Å². The number of nitrogens with zero attached hydrogens (tertiary/aromatic N) is 4. The number of carbonyl (C=O) groups is 1. The van der Waals surface area contributed by atoms with Crippen LogP contribution in [0, 0.1) is 19.8 Å². The number of hydrogen-bond donors (Lipinski definition) is 1. The van der Waals surface area contributed by atoms with Crippen LogP contribution in [-0.4, -0.2) is 32.0 Å². The van der Waals surface area contributed by atoms with Crippen LogP contribution < -0.4 is 5.32 Å². The summed E-state index contributed by atoms with van der Waals surface area (Å²) in [6.45, 7) is 6.65. The zero-order valence-corrected chi connectivity index (χ0v) is 13.8. The molecule has 0 aromatic carbocycles. The molecule has 0 spiro atoms. The molecule has 2 aromatic rings. The Balaban J connectivity index is 1.80. The van der Waals surface area contributed by atoms with E-state index in [1.54, 1.807) is 0 Å². The second-order valence-corrected chi connectivity index (χ2v) is 5.91. The first-order valence-corrected chi connectivity index (χ1v) is 7.53. The van der Waals surface area contributed by atoms with E-state index in [1.807, 2.05) is 31.5 Å². The van der Waals surface area contributed by atoms with Crippen LogP contribution in [0.25, 0.3) is 0 Å². The van der Waals surface area contributed by atoms with Crippen LogP contribution in [0.3, 0.4) is 0 Å². The van der Waals surface area contributed by atoms with Gasteiger partial charge < -0.3 is 5.32 Å². The second-order valence-electron chi connectivity index (χ2n) is 5.91. The summed E-state index contributed by atoms with van der Waals surface area (Å²) in [7, 11) is 0. The van der Waals surface area contributed by atoms with E-state index >= 15 is 0 Å². The molecule has 132 valence electrons. The number of aromatic nitrogens is 4. The van der Waals surface area contributed by atoms with Gasteiger partial charge in [-0.05, 0) is 31.9 Å². The summed E-state index contributed by atoms with van der Waals surface area (Å²) in [5.41, 5.74) is 0.970. The van der Waals surface area contributed by atoms with Crippen molar-refractivity contribution < 1.29 is 18.0 Å². The predicted octanol–water partition coefficient (Wildman–Crippen LogP) is 2.17. The molecule has 2 heterocycles. The first kappa shape index (κ1) is 18.0. The molecule has 0 aliphatic rings. The summed E-state index contributed by atoms with van der Waals surface area (Å²) < 4.78 is 40.2. The third kappa shape index (κ3) is 4.84. The standard InChI is InChI=1S/C15H20F3N5O/c1-10(8-23-12(3)6-11(2)20-23)7-19-14(24)9-22-5-4-13(21-22)15(16,17)18/h4-6,10H,7-9H2,1-3H3,(H,19,24)/t10-/m0/s1. The van der Waals surface area contributed by atoms with Crippen molar-refractivity contribution in [3.63, 3.8) is 0 Å². The molecule has 1 amide bonds. The lowest BCUT2D eigenvalue weighted by Crippen LogP contribution is -2.33. The van der Waals surface area contributed by atoms with E-state index in [9.17, 15) is 18.0 Å². The van der Waals surface area contributed by atoms with E-state index in [-0.39, 0.29) is 18.4 Å². The Kier molecular flexibility index (Phi) is 5.30. The molecule has 9 heteroatoms. The smallest absolute Gasteiger partial charge is 0.354 e. The van der Waals surface area contributed by atoms with Crippen molar-refractivity contribution in [1.82, 2.24) is 24.9 Å². The molecule has 0 bridgehead atoms. The molecule has 1 atom stereocenters. The summed E-state index contributed by atoms with van der Waals surface area (Å²) in [4.78, 5) is 11.8. The third-order valence-corrected chi connectivity index (χ3v) is 3.47. The van der Waals surface area contributed by atoms with Crippen molar-refractivity contribution in [2.75, 3.05) is 6.54 Å². The monoisotopic (exact) mass is 343 g/mol. The van der Waals surface area contributed by atoms with E-state index < -0.39 is 11.9 Å². The molecule has 6 nitrogen and oxygen atoms in total. The van der Waals surface area contributed by atoms with Gasteiger partial charge in [-0.1, -0.05) is 6.92 Å². The highest BCUT2D eigenvalue weighted by atomic mass is 19.4. The van der Waals surface area contributed by atoms with Crippen molar-refractivity contribution in [1.29, 1.82) is 0 Å². The van der Waals surface area contributed by atoms with E-state index in [1.165, 1.54) is 0 Å². The molecular weight excluding hydrogens is 323 g/mol. The molecule has 24 heavy (non-hydrogen) atoms. The Labute approximate surface area is 137 Å². The molecule has 2 aromatic heterocycles. The topological polar surface area (TPSA) is 64.7 Å². The Morgan fingerprint density at radius 3 is 2.58 bits per heavy atom. The number of nitrogens with one attached hydrogen (secondary N) is 1. The molecule has 0 fully saturated rings. The molecule has 0 saturated heterocycles. The highest BCUT2D eigenvalue weighted by molar-refractivity contribution is 5.75. The van der Waals surface area contributed by atoms with Crippen LogP contribution in [-0.2, 0) is 24.1 Å². The number of halogens is 3. The third-order valence-electron chi connectivity index (χ3n) is 3.47. The molecule has 0 aliphatic carbocycles. The highest BCUT2D eigenvalue weighted by Crippen LogP contribution is 2.27. The van der Waals surface area contributed by atoms with Gasteiger partial charge in [0, 0.05) is 25.0 Å². The molecule has 0 radical (unpaired) electrons. The number of aryl methyl sites for hydroxylation is 2. The zero-order chi connectivity index (χ0) is 17.9. The highest BCUT2D eigenvalue weighted by Gasteiger charge is 2.33. The van der Waals surface area contributed by atoms with Gasteiger partial charge in [0.1, 0.15) is 6.54 Å². The molecule has 1 N–H and O–H groups in total. The largest absolute Gasteiger partial charge is 0.435 e. The van der Waals surface area contributed by atoms with Crippen LogP contribution in [0.15, 0.2) is 18.3 Å². The second kappa shape index (κ2) is 7.06. The Morgan fingerprint density at radius 1 is 1.33 bits per heavy atom. The number of amides is 1. The average molecular weight is 343 g/mol. The van der Waals surface area contributed by atoms with Crippen LogP contribution in [0.4, 0.5) is 13.2 Å². The molecule has 0 aliphatic heterocycles. The molecular formula is C15H20F3N5O. The SMILES string of the molecule is Cc1cc(C)n(C[C@@H](C)CNC(=O)Cn2ccc(C(F)(F)F)n2)n1. The zero-order valence-electron chi connectivity index (χ0n) is 13.8. The maximum absolute atomic E-state index is 12.4. The van der Waals surface area contributed by atoms with Crippen LogP contribution >= 0.6 is 0 Å². The minimum absolute atomic E-state index is 0.135. The summed E-state index contributed by atoms with van der Waals surface area (Å²) >= 11 is 0. The number of rotatable bonds is 6. The lowest BCUT2D eigenvalue weighted by molar-refractivity contribution is -0.141. The van der Waals surface area contributed by atoms with E-state index in [2.05, 4.69) is 15.5 Å². The summed E-state index contributed by atoms with van der Waals surface area (Å²) in [5, 5.41) is 10.4. The minimum Gasteiger partial charge on any atom is -0.354 e. The number of hydrogen-bond acceptors (Lipinski definition) is 3. The van der Waals surface area contributed by atoms with Crippen LogP contribution in [0.2, 0.25) is 0 Å². The molecule has 0 saturated carbocycles. The van der Waals surface area contributed by atoms with Gasteiger partial charge in [0.2, 0.25) is 5.91 Å². The van der Waals surface area contributed by atoms with Crippen molar-refractivity contribution >= 4 is 5.91 Å². The minimum atomic E-state index is -4.50. The molecule has 2 rings (SSSR count). The van der Waals surface area contributed by atoms with Gasteiger partial charge in [-0.3, -0.25) is 14.2 Å². The fourth-order valence-corrected chi connectivity index (χ4v) is 2.31. The maximum Gasteiger partial charge on any atom is 0.435 e. The van der Waals surface area contributed by atoms with Crippen LogP contribution in [0.1, 0.15) is 24.0 Å². The van der Waals surface area contributed by atoms with Gasteiger partial charge in [0.25, 0.3) is 0 Å². The van der Waals surface area contributed by atoms with Crippen molar-refractivity contribution in [2.24, 2.45) is 5.92 Å². The maximum atomic E-state index is 12.4. The summed E-state index contributed by atoms with van der Waals surface area (Å²) in [5.74, 6) is -0.248. The summed E-state index contributed by atoms with van der Waals surface area (Å²) in [6.07, 6.45) is -3.36. The Hall–Kier alpha value is -2.32.